The van der Waals surface area contributed by atoms with Crippen molar-refractivity contribution in [3.63, 3.8) is 0 Å². The summed E-state index contributed by atoms with van der Waals surface area (Å²) in [5.74, 6) is 0.857. The van der Waals surface area contributed by atoms with Crippen LogP contribution < -0.4 is 10.6 Å². The van der Waals surface area contributed by atoms with E-state index in [9.17, 15) is 9.59 Å². The first-order chi connectivity index (χ1) is 40.8. The lowest BCUT2D eigenvalue weighted by molar-refractivity contribution is -0.142. The van der Waals surface area contributed by atoms with Gasteiger partial charge in [0.2, 0.25) is 0 Å². The number of hydrogen-bond acceptors (Lipinski definition) is 8. The minimum Gasteiger partial charge on any atom is -0.468 e. The van der Waals surface area contributed by atoms with Crippen molar-refractivity contribution in [2.75, 3.05) is 44.9 Å². The van der Waals surface area contributed by atoms with Gasteiger partial charge in [0, 0.05) is 43.1 Å². The lowest BCUT2D eigenvalue weighted by atomic mass is 9.84. The summed E-state index contributed by atoms with van der Waals surface area (Å²) in [4.78, 5) is 31.7. The summed E-state index contributed by atoms with van der Waals surface area (Å²) in [6, 6.07) is 90.4. The standard InChI is InChI=1S/C74H75N3O4S2/c1-55(2)49-64(50-75-70(71(78)80-3)54-83-74(60-37-19-8-20-38-60,61-39-21-9-22-40-61)62-41-23-10-24-42-62)77(48-47-56-29-11-4-12-30-56)51-63(76-72(79)81-52-69-67-45-27-25-43-65(67)66-44-26-28-46-68(66)69)53-82-73(57-31-13-5-14-32-57,58-33-15-6-16-34-58)59-35-17-7-18-36-59/h4-46,55,63-64,69-70,75H,47-54H2,1-3H3,(H,76,79)/t63-,64?,70+/m1/s1. The molecule has 0 spiro atoms. The molecule has 7 nitrogen and oxygen atoms in total. The second kappa shape index (κ2) is 28.6. The van der Waals surface area contributed by atoms with Crippen molar-refractivity contribution in [1.29, 1.82) is 0 Å². The van der Waals surface area contributed by atoms with E-state index in [-0.39, 0.29) is 24.5 Å². The molecule has 3 atom stereocenters. The third-order valence-corrected chi connectivity index (χ3v) is 19.4. The summed E-state index contributed by atoms with van der Waals surface area (Å²) in [7, 11) is 1.48. The highest BCUT2D eigenvalue weighted by Crippen LogP contribution is 2.51. The van der Waals surface area contributed by atoms with Crippen molar-refractivity contribution in [2.45, 2.75) is 60.2 Å². The molecule has 1 aliphatic rings. The van der Waals surface area contributed by atoms with E-state index in [1.165, 1.54) is 23.8 Å². The zero-order chi connectivity index (χ0) is 57.3. The molecule has 83 heavy (non-hydrogen) atoms. The maximum absolute atomic E-state index is 14.8. The minimum absolute atomic E-state index is 0.0584. The van der Waals surface area contributed by atoms with Crippen molar-refractivity contribution in [3.8, 4) is 11.1 Å². The molecule has 1 unspecified atom stereocenters. The van der Waals surface area contributed by atoms with Crippen molar-refractivity contribution < 1.29 is 19.1 Å². The average molecular weight is 1130 g/mol. The number of carbonyl (C=O) groups excluding carboxylic acids is 2. The molecule has 0 saturated carbocycles. The van der Waals surface area contributed by atoms with E-state index in [2.05, 4.69) is 290 Å². The predicted molar refractivity (Wildman–Crippen MR) is 344 cm³/mol. The number of nitrogens with one attached hydrogen (secondary N) is 2. The van der Waals surface area contributed by atoms with Crippen LogP contribution in [0.15, 0.2) is 261 Å². The van der Waals surface area contributed by atoms with Crippen LogP contribution in [0.4, 0.5) is 4.79 Å². The Morgan fingerprint density at radius 2 is 0.904 bits per heavy atom. The molecule has 0 heterocycles. The Balaban J connectivity index is 0.995. The fourth-order valence-corrected chi connectivity index (χ4v) is 15.2. The number of rotatable bonds is 27. The summed E-state index contributed by atoms with van der Waals surface area (Å²) in [6.45, 7) is 6.44. The van der Waals surface area contributed by atoms with Crippen LogP contribution >= 0.6 is 23.5 Å². The van der Waals surface area contributed by atoms with Gasteiger partial charge < -0.3 is 20.1 Å². The Kier molecular flexibility index (Phi) is 20.1. The number of ether oxygens (including phenoxy) is 2. The van der Waals surface area contributed by atoms with Crippen LogP contribution in [-0.4, -0.2) is 79.9 Å². The zero-order valence-corrected chi connectivity index (χ0v) is 49.4. The molecule has 0 radical (unpaired) electrons. The van der Waals surface area contributed by atoms with E-state index >= 15 is 0 Å². The number of hydrogen-bond donors (Lipinski definition) is 2. The molecule has 0 aromatic heterocycles. The summed E-state index contributed by atoms with van der Waals surface area (Å²) in [5, 5.41) is 7.34. The topological polar surface area (TPSA) is 79.9 Å². The first-order valence-corrected chi connectivity index (χ1v) is 31.1. The Morgan fingerprint density at radius 3 is 1.31 bits per heavy atom. The van der Waals surface area contributed by atoms with Gasteiger partial charge in [0.05, 0.1) is 22.6 Å². The molecule has 9 aromatic rings. The number of alkyl carbamates (subject to hydrolysis) is 1. The molecular weight excluding hydrogens is 1060 g/mol. The van der Waals surface area contributed by atoms with E-state index in [4.69, 9.17) is 9.47 Å². The molecule has 0 saturated heterocycles. The molecular formula is C74H75N3O4S2. The summed E-state index contributed by atoms with van der Waals surface area (Å²) in [6.07, 6.45) is 1.16. The monoisotopic (exact) mass is 1130 g/mol. The maximum Gasteiger partial charge on any atom is 0.407 e. The fraction of sp³-hybridized carbons (Fsp3) is 0.243. The summed E-state index contributed by atoms with van der Waals surface area (Å²) >= 11 is 3.58. The van der Waals surface area contributed by atoms with Gasteiger partial charge in [0.15, 0.2) is 0 Å². The minimum atomic E-state index is -0.653. The van der Waals surface area contributed by atoms with Gasteiger partial charge in [-0.15, -0.1) is 23.5 Å². The first-order valence-electron chi connectivity index (χ1n) is 29.1. The van der Waals surface area contributed by atoms with Crippen LogP contribution in [0.2, 0.25) is 0 Å². The first kappa shape index (κ1) is 58.5. The summed E-state index contributed by atoms with van der Waals surface area (Å²) in [5.41, 5.74) is 12.7. The SMILES string of the molecule is COC(=O)[C@H](CSC(c1ccccc1)(c1ccccc1)c1ccccc1)NCC(CC(C)C)N(CCc1ccccc1)C[C@H](CSC(c1ccccc1)(c1ccccc1)c1ccccc1)NC(=O)OCC1c2ccccc2-c2ccccc21. The molecule has 10 rings (SSSR count). The van der Waals surface area contributed by atoms with Crippen LogP contribution in [0, 0.1) is 5.92 Å². The number of carbonyl (C=O) groups is 2. The highest BCUT2D eigenvalue weighted by molar-refractivity contribution is 8.01. The second-order valence-electron chi connectivity index (χ2n) is 21.8. The number of thioether (sulfide) groups is 2. The fourth-order valence-electron chi connectivity index (χ4n) is 12.1. The molecule has 1 aliphatic carbocycles. The van der Waals surface area contributed by atoms with Gasteiger partial charge in [-0.25, -0.2) is 4.79 Å². The zero-order valence-electron chi connectivity index (χ0n) is 47.8. The number of methoxy groups -OCH3 is 1. The van der Waals surface area contributed by atoms with Crippen molar-refractivity contribution in [3.05, 3.63) is 311 Å². The lowest BCUT2D eigenvalue weighted by Crippen LogP contribution is -2.54. The number of nitrogens with zero attached hydrogens (tertiary/aromatic N) is 1. The average Bonchev–Trinajstić information content (AvgIpc) is 4.03. The smallest absolute Gasteiger partial charge is 0.407 e. The van der Waals surface area contributed by atoms with E-state index in [0.29, 0.717) is 37.1 Å². The van der Waals surface area contributed by atoms with Crippen LogP contribution in [0.3, 0.4) is 0 Å². The highest BCUT2D eigenvalue weighted by atomic mass is 32.2. The van der Waals surface area contributed by atoms with Crippen LogP contribution in [0.1, 0.15) is 76.3 Å². The number of benzene rings is 9. The number of esters is 1. The van der Waals surface area contributed by atoms with E-state index in [0.717, 1.165) is 57.3 Å². The van der Waals surface area contributed by atoms with Gasteiger partial charge in [-0.2, -0.15) is 0 Å². The van der Waals surface area contributed by atoms with Crippen LogP contribution in [0.25, 0.3) is 11.1 Å². The van der Waals surface area contributed by atoms with Gasteiger partial charge in [-0.3, -0.25) is 9.69 Å². The second-order valence-corrected chi connectivity index (χ2v) is 24.3. The van der Waals surface area contributed by atoms with Gasteiger partial charge in [0.1, 0.15) is 12.6 Å². The molecule has 0 aliphatic heterocycles. The number of fused-ring (bicyclic) bond motifs is 3. The Bertz CT molecular complexity index is 3190. The van der Waals surface area contributed by atoms with Gasteiger partial charge in [0.25, 0.3) is 0 Å². The van der Waals surface area contributed by atoms with Gasteiger partial charge >= 0.3 is 12.1 Å². The lowest BCUT2D eigenvalue weighted by Gasteiger charge is -2.39. The van der Waals surface area contributed by atoms with Crippen LogP contribution in [0.5, 0.6) is 0 Å². The largest absolute Gasteiger partial charge is 0.468 e. The molecule has 9 heteroatoms. The third-order valence-electron chi connectivity index (χ3n) is 16.0. The Hall–Kier alpha value is -7.66. The molecule has 0 fully saturated rings. The molecule has 0 bridgehead atoms. The van der Waals surface area contributed by atoms with Crippen LogP contribution in [-0.2, 0) is 30.2 Å². The predicted octanol–water partition coefficient (Wildman–Crippen LogP) is 15.4. The molecule has 422 valence electrons. The Labute approximate surface area is 500 Å². The van der Waals surface area contributed by atoms with E-state index in [1.54, 1.807) is 11.8 Å². The number of amides is 1. The van der Waals surface area contributed by atoms with Crippen molar-refractivity contribution >= 4 is 35.6 Å². The quantitative estimate of drug-likeness (QED) is 0.0389. The molecule has 1 amide bonds. The van der Waals surface area contributed by atoms with E-state index < -0.39 is 27.7 Å². The normalized spacial score (nSPS) is 13.4. The maximum atomic E-state index is 14.8. The third kappa shape index (κ3) is 13.9. The van der Waals surface area contributed by atoms with Gasteiger partial charge in [-0.05, 0) is 80.0 Å². The van der Waals surface area contributed by atoms with Gasteiger partial charge in [-0.1, -0.05) is 275 Å². The summed E-state index contributed by atoms with van der Waals surface area (Å²) < 4.78 is 10.8. The van der Waals surface area contributed by atoms with Crippen molar-refractivity contribution in [1.82, 2.24) is 15.5 Å². The molecule has 2 N–H and O–H groups in total. The van der Waals surface area contributed by atoms with Crippen molar-refractivity contribution in [2.24, 2.45) is 5.92 Å². The Morgan fingerprint density at radius 1 is 0.518 bits per heavy atom. The molecule has 9 aromatic carbocycles. The van der Waals surface area contributed by atoms with E-state index in [1.807, 2.05) is 11.8 Å². The highest BCUT2D eigenvalue weighted by Gasteiger charge is 2.41.